The molecule has 1 aliphatic heterocycles. The zero-order chi connectivity index (χ0) is 13.2. The number of thioether (sulfide) groups is 1. The fourth-order valence-electron chi connectivity index (χ4n) is 2.19. The molecule has 0 radical (unpaired) electrons. The third kappa shape index (κ3) is 2.54. The number of rotatable bonds is 3. The van der Waals surface area contributed by atoms with Crippen LogP contribution in [0.3, 0.4) is 0 Å². The maximum absolute atomic E-state index is 13.1. The molecule has 0 spiro atoms. The molecule has 4 heteroatoms. The highest BCUT2D eigenvalue weighted by Crippen LogP contribution is 2.39. The van der Waals surface area contributed by atoms with Crippen LogP contribution in [0, 0.1) is 5.82 Å². The third-order valence-electron chi connectivity index (χ3n) is 3.21. The molecule has 1 atom stereocenters. The Kier molecular flexibility index (Phi) is 3.34. The maximum atomic E-state index is 13.1. The second-order valence-corrected chi connectivity index (χ2v) is 5.60. The lowest BCUT2D eigenvalue weighted by Crippen LogP contribution is -2.10. The molecule has 0 fully saturated rings. The minimum Gasteiger partial charge on any atom is -0.491 e. The maximum Gasteiger partial charge on any atom is 0.145 e. The number of hydrogen-bond acceptors (Lipinski definition) is 3. The van der Waals surface area contributed by atoms with E-state index < -0.39 is 0 Å². The molecule has 2 nitrogen and oxygen atoms in total. The van der Waals surface area contributed by atoms with Gasteiger partial charge in [0.05, 0.1) is 12.3 Å². The van der Waals surface area contributed by atoms with Gasteiger partial charge in [-0.05, 0) is 23.8 Å². The summed E-state index contributed by atoms with van der Waals surface area (Å²) in [7, 11) is 0. The van der Waals surface area contributed by atoms with Crippen molar-refractivity contribution in [3.63, 3.8) is 0 Å². The van der Waals surface area contributed by atoms with Crippen molar-refractivity contribution in [1.29, 1.82) is 0 Å². The van der Waals surface area contributed by atoms with Crippen LogP contribution in [0.15, 0.2) is 47.4 Å². The van der Waals surface area contributed by atoms with Crippen LogP contribution < -0.4 is 10.5 Å². The molecule has 2 aromatic rings. The van der Waals surface area contributed by atoms with Gasteiger partial charge in [0.15, 0.2) is 0 Å². The molecule has 1 aliphatic rings. The van der Waals surface area contributed by atoms with Crippen LogP contribution in [0.4, 0.5) is 10.1 Å². The molecule has 2 N–H and O–H groups in total. The largest absolute Gasteiger partial charge is 0.491 e. The Hall–Kier alpha value is -1.68. The molecule has 0 saturated heterocycles. The lowest BCUT2D eigenvalue weighted by molar-refractivity contribution is 0.298. The zero-order valence-corrected chi connectivity index (χ0v) is 11.1. The molecule has 2 aromatic carbocycles. The molecule has 3 rings (SSSR count). The average Bonchev–Trinajstić information content (AvgIpc) is 2.83. The van der Waals surface area contributed by atoms with Gasteiger partial charge in [0.25, 0.3) is 0 Å². The zero-order valence-electron chi connectivity index (χ0n) is 10.3. The van der Waals surface area contributed by atoms with Gasteiger partial charge < -0.3 is 10.5 Å². The first-order chi connectivity index (χ1) is 9.24. The minimum atomic E-state index is -0.328. The second-order valence-electron chi connectivity index (χ2n) is 4.54. The SMILES string of the molecule is Nc1ccc(F)cc1OCC1CSc2ccccc21. The van der Waals surface area contributed by atoms with E-state index in [1.807, 2.05) is 23.9 Å². The molecule has 1 heterocycles. The van der Waals surface area contributed by atoms with Gasteiger partial charge in [-0.1, -0.05) is 18.2 Å². The van der Waals surface area contributed by atoms with Crippen molar-refractivity contribution in [1.82, 2.24) is 0 Å². The highest BCUT2D eigenvalue weighted by molar-refractivity contribution is 7.99. The van der Waals surface area contributed by atoms with E-state index in [1.165, 1.54) is 28.7 Å². The van der Waals surface area contributed by atoms with E-state index in [4.69, 9.17) is 10.5 Å². The molecule has 0 aliphatic carbocycles. The van der Waals surface area contributed by atoms with Crippen molar-refractivity contribution in [3.05, 3.63) is 53.8 Å². The lowest BCUT2D eigenvalue weighted by Gasteiger charge is -2.14. The Morgan fingerprint density at radius 1 is 1.26 bits per heavy atom. The third-order valence-corrected chi connectivity index (χ3v) is 4.47. The van der Waals surface area contributed by atoms with Crippen molar-refractivity contribution in [2.75, 3.05) is 18.1 Å². The monoisotopic (exact) mass is 275 g/mol. The van der Waals surface area contributed by atoms with E-state index >= 15 is 0 Å². The average molecular weight is 275 g/mol. The van der Waals surface area contributed by atoms with Crippen LogP contribution in [-0.2, 0) is 0 Å². The van der Waals surface area contributed by atoms with Crippen LogP contribution in [0.5, 0.6) is 5.75 Å². The topological polar surface area (TPSA) is 35.2 Å². The van der Waals surface area contributed by atoms with Gasteiger partial charge in [-0.3, -0.25) is 0 Å². The summed E-state index contributed by atoms with van der Waals surface area (Å²) >= 11 is 1.83. The normalized spacial score (nSPS) is 17.2. The summed E-state index contributed by atoms with van der Waals surface area (Å²) in [5.41, 5.74) is 7.55. The lowest BCUT2D eigenvalue weighted by atomic mass is 10.0. The molecule has 19 heavy (non-hydrogen) atoms. The van der Waals surface area contributed by atoms with Gasteiger partial charge in [0.2, 0.25) is 0 Å². The van der Waals surface area contributed by atoms with Gasteiger partial charge in [-0.25, -0.2) is 4.39 Å². The molecule has 98 valence electrons. The van der Waals surface area contributed by atoms with Gasteiger partial charge in [0.1, 0.15) is 11.6 Å². The fraction of sp³-hybridized carbons (Fsp3) is 0.200. The first-order valence-corrected chi connectivity index (χ1v) is 7.12. The molecule has 0 saturated carbocycles. The molecule has 1 unspecified atom stereocenters. The van der Waals surface area contributed by atoms with Gasteiger partial charge in [0, 0.05) is 22.6 Å². The predicted molar refractivity (Wildman–Crippen MR) is 76.2 cm³/mol. The summed E-state index contributed by atoms with van der Waals surface area (Å²) in [4.78, 5) is 1.31. The minimum absolute atomic E-state index is 0.328. The number of anilines is 1. The van der Waals surface area contributed by atoms with Crippen LogP contribution in [0.1, 0.15) is 11.5 Å². The van der Waals surface area contributed by atoms with E-state index in [9.17, 15) is 4.39 Å². The Morgan fingerprint density at radius 3 is 3.00 bits per heavy atom. The number of fused-ring (bicyclic) bond motifs is 1. The second kappa shape index (κ2) is 5.13. The highest BCUT2D eigenvalue weighted by atomic mass is 32.2. The summed E-state index contributed by atoms with van der Waals surface area (Å²) in [6.45, 7) is 0.525. The van der Waals surface area contributed by atoms with E-state index in [1.54, 1.807) is 0 Å². The van der Waals surface area contributed by atoms with Crippen molar-refractivity contribution in [3.8, 4) is 5.75 Å². The standard InChI is InChI=1S/C15H14FNOS/c16-11-5-6-13(17)14(7-11)18-8-10-9-19-15-4-2-1-3-12(10)15/h1-7,10H,8-9,17H2. The van der Waals surface area contributed by atoms with Crippen LogP contribution >= 0.6 is 11.8 Å². The Bertz CT molecular complexity index is 602. The first kappa shape index (κ1) is 12.4. The first-order valence-electron chi connectivity index (χ1n) is 6.13. The Labute approximate surface area is 115 Å². The molecule has 0 bridgehead atoms. The fourth-order valence-corrected chi connectivity index (χ4v) is 3.42. The predicted octanol–water partition coefficient (Wildman–Crippen LogP) is 3.68. The van der Waals surface area contributed by atoms with E-state index in [0.717, 1.165) is 5.75 Å². The van der Waals surface area contributed by atoms with Crippen LogP contribution in [0.25, 0.3) is 0 Å². The summed E-state index contributed by atoms with van der Waals surface area (Å²) < 4.78 is 18.8. The Morgan fingerprint density at radius 2 is 2.11 bits per heavy atom. The smallest absolute Gasteiger partial charge is 0.145 e. The highest BCUT2D eigenvalue weighted by Gasteiger charge is 2.23. The van der Waals surface area contributed by atoms with Crippen molar-refractivity contribution >= 4 is 17.4 Å². The van der Waals surface area contributed by atoms with Crippen LogP contribution in [0.2, 0.25) is 0 Å². The van der Waals surface area contributed by atoms with E-state index in [2.05, 4.69) is 12.1 Å². The van der Waals surface area contributed by atoms with Crippen molar-refractivity contribution < 1.29 is 9.13 Å². The number of nitrogens with two attached hydrogens (primary N) is 1. The van der Waals surface area contributed by atoms with Gasteiger partial charge >= 0.3 is 0 Å². The van der Waals surface area contributed by atoms with E-state index in [0.29, 0.717) is 24.0 Å². The number of halogens is 1. The van der Waals surface area contributed by atoms with Crippen molar-refractivity contribution in [2.24, 2.45) is 0 Å². The number of benzene rings is 2. The van der Waals surface area contributed by atoms with Gasteiger partial charge in [-0.2, -0.15) is 0 Å². The molecular weight excluding hydrogens is 261 g/mol. The molecule has 0 amide bonds. The quantitative estimate of drug-likeness (QED) is 0.868. The summed E-state index contributed by atoms with van der Waals surface area (Å²) in [6.07, 6.45) is 0. The van der Waals surface area contributed by atoms with Gasteiger partial charge in [-0.15, -0.1) is 11.8 Å². The van der Waals surface area contributed by atoms with Crippen molar-refractivity contribution in [2.45, 2.75) is 10.8 Å². The number of ether oxygens (including phenoxy) is 1. The number of hydrogen-bond donors (Lipinski definition) is 1. The summed E-state index contributed by atoms with van der Waals surface area (Å²) in [5, 5.41) is 0. The van der Waals surface area contributed by atoms with E-state index in [-0.39, 0.29) is 5.82 Å². The summed E-state index contributed by atoms with van der Waals surface area (Å²) in [5.74, 6) is 1.43. The summed E-state index contributed by atoms with van der Waals surface area (Å²) in [6, 6.07) is 12.5. The van der Waals surface area contributed by atoms with Crippen LogP contribution in [-0.4, -0.2) is 12.4 Å². The molecule has 0 aromatic heterocycles. The number of nitrogen functional groups attached to an aromatic ring is 1. The molecular formula is C15H14FNOS. The Balaban J connectivity index is 1.72.